The fraction of sp³-hybridized carbons (Fsp3) is 0.500. The molecule has 0 radical (unpaired) electrons. The maximum Gasteiger partial charge on any atom is 0.248 e. The van der Waals surface area contributed by atoms with Crippen molar-refractivity contribution in [3.63, 3.8) is 0 Å². The summed E-state index contributed by atoms with van der Waals surface area (Å²) in [5, 5.41) is 2.51. The average Bonchev–Trinajstić information content (AvgIpc) is 2.74. The lowest BCUT2D eigenvalue weighted by Gasteiger charge is -2.36. The monoisotopic (exact) mass is 368 g/mol. The number of amides is 1. The summed E-state index contributed by atoms with van der Waals surface area (Å²) in [6, 6.07) is 15.0. The second-order valence-electron chi connectivity index (χ2n) is 7.40. The molecule has 0 saturated carbocycles. The molecule has 0 bridgehead atoms. The summed E-state index contributed by atoms with van der Waals surface area (Å²) >= 11 is 0. The zero-order valence-electron chi connectivity index (χ0n) is 15.8. The van der Waals surface area contributed by atoms with E-state index in [4.69, 9.17) is 9.47 Å². The van der Waals surface area contributed by atoms with E-state index in [-0.39, 0.29) is 18.6 Å². The number of anilines is 1. The number of carbonyl (C=O) groups is 1. The van der Waals surface area contributed by atoms with E-state index < -0.39 is 0 Å². The molecule has 5 heteroatoms. The lowest BCUT2D eigenvalue weighted by molar-refractivity contribution is -0.138. The Kier molecular flexibility index (Phi) is 5.90. The molecule has 2 aliphatic rings. The fourth-order valence-electron chi connectivity index (χ4n) is 3.90. The van der Waals surface area contributed by atoms with Gasteiger partial charge < -0.3 is 19.3 Å². The van der Waals surface area contributed by atoms with Crippen molar-refractivity contribution in [1.82, 2.24) is 4.90 Å². The van der Waals surface area contributed by atoms with E-state index in [0.717, 1.165) is 45.6 Å². The SMILES string of the molecule is O=C(COC[C@H]1CCCCO1)N1CCN(c2ccc3ccccc3c2)CC1. The molecule has 2 aromatic rings. The van der Waals surface area contributed by atoms with Crippen LogP contribution in [0.3, 0.4) is 0 Å². The Bertz CT molecular complexity index is 765. The van der Waals surface area contributed by atoms with E-state index in [0.29, 0.717) is 6.61 Å². The molecular weight excluding hydrogens is 340 g/mol. The molecule has 2 fully saturated rings. The summed E-state index contributed by atoms with van der Waals surface area (Å²) < 4.78 is 11.3. The van der Waals surface area contributed by atoms with Crippen LogP contribution in [-0.4, -0.2) is 62.9 Å². The third-order valence-corrected chi connectivity index (χ3v) is 5.53. The van der Waals surface area contributed by atoms with Gasteiger partial charge in [0.1, 0.15) is 6.61 Å². The van der Waals surface area contributed by atoms with Crippen molar-refractivity contribution in [3.05, 3.63) is 42.5 Å². The van der Waals surface area contributed by atoms with Gasteiger partial charge in [-0.05, 0) is 42.2 Å². The van der Waals surface area contributed by atoms with E-state index in [2.05, 4.69) is 47.4 Å². The van der Waals surface area contributed by atoms with Gasteiger partial charge in [-0.15, -0.1) is 0 Å². The Balaban J connectivity index is 1.24. The second kappa shape index (κ2) is 8.72. The molecule has 0 spiro atoms. The van der Waals surface area contributed by atoms with Crippen molar-refractivity contribution in [3.8, 4) is 0 Å². The Morgan fingerprint density at radius 2 is 1.85 bits per heavy atom. The third kappa shape index (κ3) is 4.60. The van der Waals surface area contributed by atoms with Gasteiger partial charge in [0.2, 0.25) is 5.91 Å². The molecule has 2 aliphatic heterocycles. The third-order valence-electron chi connectivity index (χ3n) is 5.53. The number of hydrogen-bond acceptors (Lipinski definition) is 4. The molecule has 0 N–H and O–H groups in total. The van der Waals surface area contributed by atoms with Crippen LogP contribution in [0.4, 0.5) is 5.69 Å². The number of nitrogens with zero attached hydrogens (tertiary/aromatic N) is 2. The van der Waals surface area contributed by atoms with Crippen molar-refractivity contribution in [2.24, 2.45) is 0 Å². The zero-order valence-corrected chi connectivity index (χ0v) is 15.8. The quantitative estimate of drug-likeness (QED) is 0.813. The van der Waals surface area contributed by atoms with Gasteiger partial charge in [-0.1, -0.05) is 30.3 Å². The van der Waals surface area contributed by atoms with Crippen LogP contribution in [0.25, 0.3) is 10.8 Å². The van der Waals surface area contributed by atoms with Crippen molar-refractivity contribution in [2.75, 3.05) is 50.9 Å². The molecule has 144 valence electrons. The lowest BCUT2D eigenvalue weighted by Crippen LogP contribution is -2.49. The van der Waals surface area contributed by atoms with Gasteiger partial charge in [0, 0.05) is 38.5 Å². The minimum atomic E-state index is 0.0870. The molecule has 0 unspecified atom stereocenters. The van der Waals surface area contributed by atoms with Gasteiger partial charge >= 0.3 is 0 Å². The number of benzene rings is 2. The smallest absolute Gasteiger partial charge is 0.248 e. The second-order valence-corrected chi connectivity index (χ2v) is 7.40. The van der Waals surface area contributed by atoms with Gasteiger partial charge in [-0.25, -0.2) is 0 Å². The van der Waals surface area contributed by atoms with Crippen molar-refractivity contribution in [1.29, 1.82) is 0 Å². The van der Waals surface area contributed by atoms with E-state index in [1.54, 1.807) is 0 Å². The normalized spacial score (nSPS) is 20.8. The maximum absolute atomic E-state index is 12.4. The number of fused-ring (bicyclic) bond motifs is 1. The minimum Gasteiger partial charge on any atom is -0.376 e. The summed E-state index contributed by atoms with van der Waals surface area (Å²) in [6.07, 6.45) is 3.53. The van der Waals surface area contributed by atoms with Crippen LogP contribution in [0.5, 0.6) is 0 Å². The van der Waals surface area contributed by atoms with Crippen molar-refractivity contribution < 1.29 is 14.3 Å². The number of piperazine rings is 1. The molecule has 2 saturated heterocycles. The molecule has 1 amide bonds. The first-order chi connectivity index (χ1) is 13.3. The van der Waals surface area contributed by atoms with E-state index in [9.17, 15) is 4.79 Å². The zero-order chi connectivity index (χ0) is 18.5. The molecule has 2 aromatic carbocycles. The Labute approximate surface area is 160 Å². The predicted octanol–water partition coefficient (Wildman–Crippen LogP) is 3.07. The van der Waals surface area contributed by atoms with Gasteiger partial charge in [-0.3, -0.25) is 4.79 Å². The van der Waals surface area contributed by atoms with Gasteiger partial charge in [-0.2, -0.15) is 0 Å². The molecule has 27 heavy (non-hydrogen) atoms. The summed E-state index contributed by atoms with van der Waals surface area (Å²) in [5.74, 6) is 0.0870. The number of carbonyl (C=O) groups excluding carboxylic acids is 1. The molecule has 5 nitrogen and oxygen atoms in total. The highest BCUT2D eigenvalue weighted by atomic mass is 16.5. The topological polar surface area (TPSA) is 42.0 Å². The Hall–Kier alpha value is -2.11. The molecule has 4 rings (SSSR count). The number of rotatable bonds is 5. The molecule has 2 heterocycles. The average molecular weight is 368 g/mol. The fourth-order valence-corrected chi connectivity index (χ4v) is 3.90. The van der Waals surface area contributed by atoms with Crippen LogP contribution in [0.1, 0.15) is 19.3 Å². The molecule has 0 aromatic heterocycles. The highest BCUT2D eigenvalue weighted by Gasteiger charge is 2.22. The lowest BCUT2D eigenvalue weighted by atomic mass is 10.1. The molecule has 1 atom stereocenters. The summed E-state index contributed by atoms with van der Waals surface area (Å²) in [5.41, 5.74) is 1.23. The highest BCUT2D eigenvalue weighted by Crippen LogP contribution is 2.23. The summed E-state index contributed by atoms with van der Waals surface area (Å²) in [4.78, 5) is 16.7. The first-order valence-electron chi connectivity index (χ1n) is 10.0. The minimum absolute atomic E-state index is 0.0870. The molecular formula is C22H28N2O3. The first-order valence-corrected chi connectivity index (χ1v) is 10.0. The van der Waals surface area contributed by atoms with E-state index in [1.807, 2.05) is 4.90 Å². The summed E-state index contributed by atoms with van der Waals surface area (Å²) in [6.45, 7) is 4.72. The van der Waals surface area contributed by atoms with Crippen LogP contribution in [-0.2, 0) is 14.3 Å². The Morgan fingerprint density at radius 3 is 2.63 bits per heavy atom. The van der Waals surface area contributed by atoms with Crippen LogP contribution >= 0.6 is 0 Å². The maximum atomic E-state index is 12.4. The predicted molar refractivity (Wildman–Crippen MR) is 107 cm³/mol. The van der Waals surface area contributed by atoms with Crippen molar-refractivity contribution >= 4 is 22.4 Å². The van der Waals surface area contributed by atoms with Crippen LogP contribution in [0.2, 0.25) is 0 Å². The molecule has 0 aliphatic carbocycles. The largest absolute Gasteiger partial charge is 0.376 e. The van der Waals surface area contributed by atoms with Gasteiger partial charge in [0.25, 0.3) is 0 Å². The number of hydrogen-bond donors (Lipinski definition) is 0. The van der Waals surface area contributed by atoms with Gasteiger partial charge in [0.05, 0.1) is 12.7 Å². The van der Waals surface area contributed by atoms with E-state index >= 15 is 0 Å². The number of ether oxygens (including phenoxy) is 2. The van der Waals surface area contributed by atoms with E-state index in [1.165, 1.54) is 22.9 Å². The van der Waals surface area contributed by atoms with Crippen LogP contribution < -0.4 is 4.90 Å². The standard InChI is InChI=1S/C22H28N2O3/c25-22(17-26-16-21-7-3-4-14-27-21)24-12-10-23(11-13-24)20-9-8-18-5-1-2-6-19(18)15-20/h1-2,5-6,8-9,15,21H,3-4,7,10-14,16-17H2/t21-/m1/s1. The van der Waals surface area contributed by atoms with Crippen molar-refractivity contribution in [2.45, 2.75) is 25.4 Å². The highest BCUT2D eigenvalue weighted by molar-refractivity contribution is 5.86. The first kappa shape index (κ1) is 18.3. The van der Waals surface area contributed by atoms with Crippen LogP contribution in [0, 0.1) is 0 Å². The Morgan fingerprint density at radius 1 is 1.04 bits per heavy atom. The summed E-state index contributed by atoms with van der Waals surface area (Å²) in [7, 11) is 0. The van der Waals surface area contributed by atoms with Gasteiger partial charge in [0.15, 0.2) is 0 Å². The van der Waals surface area contributed by atoms with Crippen LogP contribution in [0.15, 0.2) is 42.5 Å².